The van der Waals surface area contributed by atoms with E-state index in [0.29, 0.717) is 26.3 Å². The summed E-state index contributed by atoms with van der Waals surface area (Å²) < 4.78 is 20.6. The largest absolute Gasteiger partial charge is 0.379 e. The van der Waals surface area contributed by atoms with Gasteiger partial charge in [0.1, 0.15) is 5.82 Å². The number of benzene rings is 1. The van der Waals surface area contributed by atoms with Gasteiger partial charge in [0, 0.05) is 39.9 Å². The van der Waals surface area contributed by atoms with Crippen LogP contribution in [0.3, 0.4) is 0 Å². The van der Waals surface area contributed by atoms with Crippen LogP contribution in [0.25, 0.3) is 0 Å². The van der Waals surface area contributed by atoms with Gasteiger partial charge < -0.3 is 15.4 Å². The van der Waals surface area contributed by atoms with Gasteiger partial charge >= 0.3 is 0 Å². The topological polar surface area (TPSA) is 66.7 Å². The van der Waals surface area contributed by atoms with Crippen molar-refractivity contribution >= 4 is 5.96 Å². The van der Waals surface area contributed by atoms with E-state index in [2.05, 4.69) is 25.6 Å². The zero-order chi connectivity index (χ0) is 19.1. The first-order valence-electron chi connectivity index (χ1n) is 9.16. The summed E-state index contributed by atoms with van der Waals surface area (Å²) in [5.41, 5.74) is 2.15. The van der Waals surface area contributed by atoms with Gasteiger partial charge in [0.2, 0.25) is 0 Å². The zero-order valence-electron chi connectivity index (χ0n) is 15.9. The Morgan fingerprint density at radius 3 is 2.59 bits per heavy atom. The Morgan fingerprint density at radius 2 is 1.96 bits per heavy atom. The van der Waals surface area contributed by atoms with Crippen molar-refractivity contribution in [3.63, 3.8) is 0 Å². The highest BCUT2D eigenvalue weighted by atomic mass is 19.1. The molecule has 2 heterocycles. The van der Waals surface area contributed by atoms with E-state index in [0.717, 1.165) is 30.3 Å². The summed E-state index contributed by atoms with van der Waals surface area (Å²) in [5.74, 6) is 0.498. The monoisotopic (exact) mass is 374 g/mol. The molecule has 3 rings (SSSR count). The molecule has 8 heteroatoms. The second kappa shape index (κ2) is 9.48. The molecule has 2 aromatic rings. The molecule has 0 bridgehead atoms. The number of nitrogens with one attached hydrogen (secondary N) is 2. The minimum absolute atomic E-state index is 0.116. The number of nitrogens with zero attached hydrogens (tertiary/aromatic N) is 4. The van der Waals surface area contributed by atoms with Crippen molar-refractivity contribution in [1.82, 2.24) is 25.3 Å². The molecule has 0 amide bonds. The molecule has 1 unspecified atom stereocenters. The van der Waals surface area contributed by atoms with E-state index in [1.807, 2.05) is 29.9 Å². The smallest absolute Gasteiger partial charge is 0.191 e. The van der Waals surface area contributed by atoms with Crippen LogP contribution in [0.4, 0.5) is 4.39 Å². The Balaban J connectivity index is 1.63. The minimum atomic E-state index is -0.221. The second-order valence-corrected chi connectivity index (χ2v) is 6.47. The molecule has 7 nitrogen and oxygen atoms in total. The van der Waals surface area contributed by atoms with E-state index >= 15 is 0 Å². The summed E-state index contributed by atoms with van der Waals surface area (Å²) in [6.07, 6.45) is 1.77. The highest BCUT2D eigenvalue weighted by Crippen LogP contribution is 2.21. The maximum absolute atomic E-state index is 13.3. The molecule has 0 saturated carbocycles. The zero-order valence-corrected chi connectivity index (χ0v) is 15.9. The molecule has 0 radical (unpaired) electrons. The van der Waals surface area contributed by atoms with Crippen LogP contribution < -0.4 is 10.6 Å². The summed E-state index contributed by atoms with van der Waals surface area (Å²) >= 11 is 0. The number of aromatic nitrogens is 2. The quantitative estimate of drug-likeness (QED) is 0.589. The number of rotatable bonds is 6. The van der Waals surface area contributed by atoms with E-state index in [4.69, 9.17) is 4.74 Å². The van der Waals surface area contributed by atoms with Crippen LogP contribution in [0.1, 0.15) is 17.3 Å². The summed E-state index contributed by atoms with van der Waals surface area (Å²) in [4.78, 5) is 6.66. The maximum atomic E-state index is 13.3. The Kier molecular flexibility index (Phi) is 6.78. The summed E-state index contributed by atoms with van der Waals surface area (Å²) in [5, 5.41) is 10.9. The molecule has 1 aliphatic rings. The highest BCUT2D eigenvalue weighted by Gasteiger charge is 2.23. The minimum Gasteiger partial charge on any atom is -0.379 e. The molecule has 146 valence electrons. The molecule has 1 fully saturated rings. The normalized spacial score (nSPS) is 16.9. The lowest BCUT2D eigenvalue weighted by Crippen LogP contribution is -2.46. The number of hydrogen-bond donors (Lipinski definition) is 2. The van der Waals surface area contributed by atoms with Crippen molar-refractivity contribution in [3.8, 4) is 0 Å². The molecule has 0 spiro atoms. The summed E-state index contributed by atoms with van der Waals surface area (Å²) in [7, 11) is 3.66. The molecular weight excluding hydrogens is 347 g/mol. The molecule has 1 aromatic carbocycles. The molecule has 1 atom stereocenters. The Hall–Kier alpha value is -2.45. The fourth-order valence-electron chi connectivity index (χ4n) is 3.19. The van der Waals surface area contributed by atoms with Crippen LogP contribution in [-0.2, 0) is 18.3 Å². The number of aryl methyl sites for hydroxylation is 1. The van der Waals surface area contributed by atoms with Gasteiger partial charge in [-0.05, 0) is 23.8 Å². The predicted octanol–water partition coefficient (Wildman–Crippen LogP) is 1.30. The number of guanidine groups is 1. The van der Waals surface area contributed by atoms with Gasteiger partial charge in [0.05, 0.1) is 31.5 Å². The van der Waals surface area contributed by atoms with Gasteiger partial charge in [-0.3, -0.25) is 14.6 Å². The van der Waals surface area contributed by atoms with E-state index < -0.39 is 0 Å². The SMILES string of the molecule is CN=C(NCc1ccnn1C)NCC(c1ccc(F)cc1)N1CCOCC1. The van der Waals surface area contributed by atoms with Gasteiger partial charge in [-0.1, -0.05) is 12.1 Å². The third-order valence-corrected chi connectivity index (χ3v) is 4.79. The molecule has 1 aliphatic heterocycles. The van der Waals surface area contributed by atoms with Crippen LogP contribution >= 0.6 is 0 Å². The second-order valence-electron chi connectivity index (χ2n) is 6.47. The first-order valence-corrected chi connectivity index (χ1v) is 9.16. The fourth-order valence-corrected chi connectivity index (χ4v) is 3.19. The number of aliphatic imine (C=N–C) groups is 1. The molecule has 1 aromatic heterocycles. The molecule has 27 heavy (non-hydrogen) atoms. The lowest BCUT2D eigenvalue weighted by atomic mass is 10.0. The van der Waals surface area contributed by atoms with E-state index in [1.54, 1.807) is 13.2 Å². The van der Waals surface area contributed by atoms with Crippen molar-refractivity contribution < 1.29 is 9.13 Å². The van der Waals surface area contributed by atoms with Gasteiger partial charge in [0.25, 0.3) is 0 Å². The molecule has 2 N–H and O–H groups in total. The first kappa shape index (κ1) is 19.3. The van der Waals surface area contributed by atoms with Crippen molar-refractivity contribution in [2.75, 3.05) is 39.9 Å². The third-order valence-electron chi connectivity index (χ3n) is 4.79. The standard InChI is InChI=1S/C19H27FN6O/c1-21-19(22-13-17-7-8-24-25(17)2)23-14-18(26-9-11-27-12-10-26)15-3-5-16(20)6-4-15/h3-8,18H,9-14H2,1-2H3,(H2,21,22,23). The van der Waals surface area contributed by atoms with Crippen LogP contribution in [0.5, 0.6) is 0 Å². The lowest BCUT2D eigenvalue weighted by Gasteiger charge is -2.35. The van der Waals surface area contributed by atoms with E-state index in [-0.39, 0.29) is 11.9 Å². The number of hydrogen-bond acceptors (Lipinski definition) is 4. The van der Waals surface area contributed by atoms with Gasteiger partial charge in [-0.2, -0.15) is 5.10 Å². The summed E-state index contributed by atoms with van der Waals surface area (Å²) in [6.45, 7) is 4.43. The van der Waals surface area contributed by atoms with E-state index in [1.165, 1.54) is 12.1 Å². The van der Waals surface area contributed by atoms with Crippen molar-refractivity contribution in [2.24, 2.45) is 12.0 Å². The molecular formula is C19H27FN6O. The maximum Gasteiger partial charge on any atom is 0.191 e. The average molecular weight is 374 g/mol. The van der Waals surface area contributed by atoms with Crippen LogP contribution in [0.15, 0.2) is 41.5 Å². The number of morpholine rings is 1. The average Bonchev–Trinajstić information content (AvgIpc) is 3.11. The van der Waals surface area contributed by atoms with Crippen LogP contribution in [0, 0.1) is 5.82 Å². The number of halogens is 1. The molecule has 1 saturated heterocycles. The predicted molar refractivity (Wildman–Crippen MR) is 103 cm³/mol. The highest BCUT2D eigenvalue weighted by molar-refractivity contribution is 5.79. The summed E-state index contributed by atoms with van der Waals surface area (Å²) in [6, 6.07) is 8.81. The van der Waals surface area contributed by atoms with Crippen molar-refractivity contribution in [2.45, 2.75) is 12.6 Å². The number of ether oxygens (including phenoxy) is 1. The van der Waals surface area contributed by atoms with E-state index in [9.17, 15) is 4.39 Å². The van der Waals surface area contributed by atoms with Crippen molar-refractivity contribution in [1.29, 1.82) is 0 Å². The van der Waals surface area contributed by atoms with Gasteiger partial charge in [-0.25, -0.2) is 4.39 Å². The Morgan fingerprint density at radius 1 is 1.22 bits per heavy atom. The fraction of sp³-hybridized carbons (Fsp3) is 0.474. The van der Waals surface area contributed by atoms with Crippen molar-refractivity contribution in [3.05, 3.63) is 53.6 Å². The van der Waals surface area contributed by atoms with Gasteiger partial charge in [-0.15, -0.1) is 0 Å². The Bertz CT molecular complexity index is 739. The lowest BCUT2D eigenvalue weighted by molar-refractivity contribution is 0.0170. The first-order chi connectivity index (χ1) is 13.2. The van der Waals surface area contributed by atoms with Crippen LogP contribution in [0.2, 0.25) is 0 Å². The third kappa shape index (κ3) is 5.27. The van der Waals surface area contributed by atoms with Gasteiger partial charge in [0.15, 0.2) is 5.96 Å². The molecule has 0 aliphatic carbocycles. The Labute approximate surface area is 159 Å². The van der Waals surface area contributed by atoms with Crippen LogP contribution in [-0.4, -0.2) is 60.5 Å².